The summed E-state index contributed by atoms with van der Waals surface area (Å²) in [6.07, 6.45) is 2.80. The van der Waals surface area contributed by atoms with E-state index < -0.39 is 0 Å². The van der Waals surface area contributed by atoms with Gasteiger partial charge in [-0.2, -0.15) is 0 Å². The van der Waals surface area contributed by atoms with Crippen LogP contribution in [0.1, 0.15) is 16.7 Å². The molecule has 0 atom stereocenters. The number of hydrogen-bond acceptors (Lipinski definition) is 2. The predicted octanol–water partition coefficient (Wildman–Crippen LogP) is 4.08. The van der Waals surface area contributed by atoms with Crippen molar-refractivity contribution in [1.29, 1.82) is 0 Å². The topological polar surface area (TPSA) is 21.6 Å². The summed E-state index contributed by atoms with van der Waals surface area (Å²) in [5, 5.41) is 4.49. The lowest BCUT2D eigenvalue weighted by molar-refractivity contribution is 0.132. The Labute approximate surface area is 112 Å². The van der Waals surface area contributed by atoms with E-state index >= 15 is 0 Å². The van der Waals surface area contributed by atoms with Crippen molar-refractivity contribution >= 4 is 17.8 Å². The van der Waals surface area contributed by atoms with Crippen molar-refractivity contribution in [1.82, 2.24) is 0 Å². The molecule has 1 radical (unpaired) electrons. The molecule has 0 spiro atoms. The normalized spacial score (nSPS) is 10.8. The van der Waals surface area contributed by atoms with Gasteiger partial charge in [0.05, 0.1) is 0 Å². The number of halogens is 1. The summed E-state index contributed by atoms with van der Waals surface area (Å²) in [7, 11) is 0. The fourth-order valence-electron chi connectivity index (χ4n) is 1.40. The third-order valence-corrected chi connectivity index (χ3v) is 2.69. The summed E-state index contributed by atoms with van der Waals surface area (Å²) in [5.41, 5.74) is 3.15. The molecule has 2 aromatic carbocycles. The summed E-state index contributed by atoms with van der Waals surface area (Å²) in [6.45, 7) is 2.50. The van der Waals surface area contributed by atoms with E-state index in [-0.39, 0.29) is 0 Å². The van der Waals surface area contributed by atoms with Gasteiger partial charge < -0.3 is 4.84 Å². The summed E-state index contributed by atoms with van der Waals surface area (Å²) in [5.74, 6) is 0. The van der Waals surface area contributed by atoms with Gasteiger partial charge in [0.15, 0.2) is 0 Å². The zero-order valence-electron chi connectivity index (χ0n) is 10.1. The van der Waals surface area contributed by atoms with E-state index in [0.29, 0.717) is 11.6 Å². The molecule has 0 saturated heterocycles. The van der Waals surface area contributed by atoms with E-state index in [0.717, 1.165) is 11.1 Å². The van der Waals surface area contributed by atoms with Crippen LogP contribution in [0, 0.1) is 6.92 Å². The maximum absolute atomic E-state index is 5.78. The van der Waals surface area contributed by atoms with Gasteiger partial charge in [0.2, 0.25) is 0 Å². The zero-order chi connectivity index (χ0) is 12.8. The Morgan fingerprint density at radius 1 is 1.06 bits per heavy atom. The smallest absolute Gasteiger partial charge is 0.142 e. The average molecular weight is 259 g/mol. The summed E-state index contributed by atoms with van der Waals surface area (Å²) < 4.78 is 0. The van der Waals surface area contributed by atoms with Gasteiger partial charge in [0.1, 0.15) is 12.8 Å². The van der Waals surface area contributed by atoms with Gasteiger partial charge in [-0.1, -0.05) is 58.7 Å². The highest BCUT2D eigenvalue weighted by Gasteiger charge is 1.92. The van der Waals surface area contributed by atoms with Crippen molar-refractivity contribution in [2.24, 2.45) is 5.16 Å². The van der Waals surface area contributed by atoms with Crippen molar-refractivity contribution < 1.29 is 4.84 Å². The van der Waals surface area contributed by atoms with E-state index in [1.807, 2.05) is 36.4 Å². The monoisotopic (exact) mass is 258 g/mol. The first kappa shape index (κ1) is 12.7. The van der Waals surface area contributed by atoms with Crippen LogP contribution in [-0.4, -0.2) is 6.21 Å². The van der Waals surface area contributed by atoms with Crippen LogP contribution in [0.4, 0.5) is 0 Å². The van der Waals surface area contributed by atoms with Gasteiger partial charge in [-0.15, -0.1) is 0 Å². The van der Waals surface area contributed by atoms with Crippen LogP contribution in [-0.2, 0) is 11.4 Å². The Kier molecular flexibility index (Phi) is 4.37. The third kappa shape index (κ3) is 3.90. The lowest BCUT2D eigenvalue weighted by Crippen LogP contribution is -1.88. The third-order valence-electron chi connectivity index (χ3n) is 2.44. The molecule has 18 heavy (non-hydrogen) atoms. The first-order valence-corrected chi connectivity index (χ1v) is 6.01. The minimum Gasteiger partial charge on any atom is -0.390 e. The van der Waals surface area contributed by atoms with E-state index in [9.17, 15) is 0 Å². The molecule has 2 aromatic rings. The van der Waals surface area contributed by atoms with Gasteiger partial charge in [-0.3, -0.25) is 0 Å². The van der Waals surface area contributed by atoms with Crippen LogP contribution in [0.3, 0.4) is 0 Å². The van der Waals surface area contributed by atoms with Crippen molar-refractivity contribution in [3.8, 4) is 0 Å². The van der Waals surface area contributed by atoms with Crippen LogP contribution in [0.5, 0.6) is 0 Å². The SMILES string of the molecule is Cc1ccc(CO/N=[C]\c2ccc(Cl)cc2)cc1. The van der Waals surface area contributed by atoms with Crippen molar-refractivity contribution in [3.63, 3.8) is 0 Å². The molecule has 0 saturated carbocycles. The molecule has 3 heteroatoms. The highest BCUT2D eigenvalue weighted by Crippen LogP contribution is 2.08. The van der Waals surface area contributed by atoms with E-state index in [1.54, 1.807) is 12.1 Å². The first-order valence-electron chi connectivity index (χ1n) is 5.63. The second kappa shape index (κ2) is 6.22. The molecule has 0 aliphatic rings. The highest BCUT2D eigenvalue weighted by molar-refractivity contribution is 6.30. The summed E-state index contributed by atoms with van der Waals surface area (Å²) >= 11 is 5.78. The average Bonchev–Trinajstić information content (AvgIpc) is 2.39. The Hall–Kier alpha value is -1.80. The molecular weight excluding hydrogens is 246 g/mol. The summed E-state index contributed by atoms with van der Waals surface area (Å²) in [4.78, 5) is 5.17. The molecule has 91 valence electrons. The number of benzene rings is 2. The molecule has 0 aromatic heterocycles. The second-order valence-corrected chi connectivity index (χ2v) is 4.41. The number of rotatable bonds is 4. The molecule has 0 aliphatic carbocycles. The van der Waals surface area contributed by atoms with Crippen molar-refractivity contribution in [3.05, 3.63) is 70.2 Å². The van der Waals surface area contributed by atoms with Gasteiger partial charge >= 0.3 is 0 Å². The molecule has 0 aliphatic heterocycles. The van der Waals surface area contributed by atoms with E-state index in [4.69, 9.17) is 16.4 Å². The Bertz CT molecular complexity index is 517. The lowest BCUT2D eigenvalue weighted by Gasteiger charge is -1.99. The van der Waals surface area contributed by atoms with Gasteiger partial charge in [0, 0.05) is 10.6 Å². The predicted molar refractivity (Wildman–Crippen MR) is 74.0 cm³/mol. The molecule has 0 bridgehead atoms. The Morgan fingerprint density at radius 2 is 1.72 bits per heavy atom. The lowest BCUT2D eigenvalue weighted by atomic mass is 10.2. The number of hydrogen-bond donors (Lipinski definition) is 0. The molecule has 2 nitrogen and oxygen atoms in total. The standard InChI is InChI=1S/C15H13ClNO/c1-12-2-4-14(5-3-12)11-18-17-10-13-6-8-15(16)9-7-13/h2-9H,11H2,1H3. The quantitative estimate of drug-likeness (QED) is 0.598. The van der Waals surface area contributed by atoms with Crippen LogP contribution >= 0.6 is 11.6 Å². The summed E-state index contributed by atoms with van der Waals surface area (Å²) in [6, 6.07) is 15.4. The van der Waals surface area contributed by atoms with Gasteiger partial charge in [-0.05, 0) is 24.6 Å². The molecule has 0 N–H and O–H groups in total. The fourth-order valence-corrected chi connectivity index (χ4v) is 1.53. The maximum atomic E-state index is 5.78. The minimum atomic E-state index is 0.445. The molecule has 0 amide bonds. The first-order chi connectivity index (χ1) is 8.74. The molecule has 0 unspecified atom stereocenters. The maximum Gasteiger partial charge on any atom is 0.142 e. The zero-order valence-corrected chi connectivity index (χ0v) is 10.8. The minimum absolute atomic E-state index is 0.445. The van der Waals surface area contributed by atoms with Crippen LogP contribution in [0.25, 0.3) is 0 Å². The van der Waals surface area contributed by atoms with Crippen molar-refractivity contribution in [2.75, 3.05) is 0 Å². The highest BCUT2D eigenvalue weighted by atomic mass is 35.5. The van der Waals surface area contributed by atoms with Crippen LogP contribution < -0.4 is 0 Å². The van der Waals surface area contributed by atoms with Crippen molar-refractivity contribution in [2.45, 2.75) is 13.5 Å². The van der Waals surface area contributed by atoms with E-state index in [2.05, 4.69) is 18.3 Å². The Balaban J connectivity index is 1.84. The van der Waals surface area contributed by atoms with Gasteiger partial charge in [-0.25, -0.2) is 0 Å². The van der Waals surface area contributed by atoms with E-state index in [1.165, 1.54) is 5.56 Å². The molecule has 0 fully saturated rings. The molecule has 0 heterocycles. The second-order valence-electron chi connectivity index (χ2n) is 3.97. The largest absolute Gasteiger partial charge is 0.390 e. The number of aryl methyl sites for hydroxylation is 1. The molecular formula is C15H13ClNO. The van der Waals surface area contributed by atoms with Crippen LogP contribution in [0.2, 0.25) is 5.02 Å². The van der Waals surface area contributed by atoms with Crippen LogP contribution in [0.15, 0.2) is 53.7 Å². The number of nitrogens with zero attached hydrogens (tertiary/aromatic N) is 1. The Morgan fingerprint density at radius 3 is 2.39 bits per heavy atom. The van der Waals surface area contributed by atoms with Gasteiger partial charge in [0.25, 0.3) is 0 Å². The molecule has 2 rings (SSSR count). The fraction of sp³-hybridized carbons (Fsp3) is 0.133.